The molecule has 0 heterocycles. The largest absolute Gasteiger partial charge is 0.399 e. The normalized spacial score (nSPS) is 10.4. The van der Waals surface area contributed by atoms with Crippen LogP contribution in [0.1, 0.15) is 40.2 Å². The molecule has 16 heavy (non-hydrogen) atoms. The van der Waals surface area contributed by atoms with Crippen molar-refractivity contribution < 1.29 is 5.11 Å². The molecule has 0 saturated carbocycles. The van der Waals surface area contributed by atoms with Crippen LogP contribution in [-0.2, 0) is 6.42 Å². The number of anilines is 1. The zero-order chi connectivity index (χ0) is 13.0. The van der Waals surface area contributed by atoms with Crippen molar-refractivity contribution >= 4 is 5.69 Å². The van der Waals surface area contributed by atoms with Crippen LogP contribution in [0.2, 0.25) is 0 Å². The van der Waals surface area contributed by atoms with Gasteiger partial charge in [-0.05, 0) is 30.0 Å². The molecule has 0 aliphatic rings. The highest BCUT2D eigenvalue weighted by Crippen LogP contribution is 2.11. The molecule has 0 radical (unpaired) electrons. The quantitative estimate of drug-likeness (QED) is 0.773. The van der Waals surface area contributed by atoms with E-state index in [2.05, 4.69) is 0 Å². The SMILES string of the molecule is CC.CC.CC(CO)Cc1cccc(N)c1. The minimum Gasteiger partial charge on any atom is -0.399 e. The summed E-state index contributed by atoms with van der Waals surface area (Å²) in [5.41, 5.74) is 7.59. The molecule has 1 rings (SSSR count). The first-order valence-electron chi connectivity index (χ1n) is 6.17. The van der Waals surface area contributed by atoms with Crippen molar-refractivity contribution in [3.8, 4) is 0 Å². The lowest BCUT2D eigenvalue weighted by molar-refractivity contribution is 0.237. The lowest BCUT2D eigenvalue weighted by atomic mass is 10.0. The Hall–Kier alpha value is -1.02. The summed E-state index contributed by atoms with van der Waals surface area (Å²) in [6.45, 7) is 10.2. The first kappa shape index (κ1) is 17.4. The number of nitrogen functional groups attached to an aromatic ring is 1. The minimum atomic E-state index is 0.231. The first-order valence-corrected chi connectivity index (χ1v) is 6.17. The van der Waals surface area contributed by atoms with Gasteiger partial charge in [-0.2, -0.15) is 0 Å². The van der Waals surface area contributed by atoms with Gasteiger partial charge in [-0.15, -0.1) is 0 Å². The van der Waals surface area contributed by atoms with Crippen LogP contribution in [0.25, 0.3) is 0 Å². The average molecular weight is 225 g/mol. The maximum atomic E-state index is 8.83. The zero-order valence-corrected chi connectivity index (χ0v) is 11.3. The van der Waals surface area contributed by atoms with Gasteiger partial charge in [-0.25, -0.2) is 0 Å². The Balaban J connectivity index is 0. The number of hydrogen-bond acceptors (Lipinski definition) is 2. The molecule has 0 aliphatic carbocycles. The number of benzene rings is 1. The predicted octanol–water partition coefficient (Wildman–Crippen LogP) is 3.49. The molecule has 94 valence electrons. The van der Waals surface area contributed by atoms with Crippen LogP contribution in [0.3, 0.4) is 0 Å². The second-order valence-corrected chi connectivity index (χ2v) is 3.24. The molecule has 1 atom stereocenters. The molecular formula is C14H27NO. The van der Waals surface area contributed by atoms with E-state index in [1.165, 1.54) is 5.56 Å². The zero-order valence-electron chi connectivity index (χ0n) is 11.3. The van der Waals surface area contributed by atoms with Gasteiger partial charge in [-0.1, -0.05) is 46.8 Å². The highest BCUT2D eigenvalue weighted by molar-refractivity contribution is 5.40. The first-order chi connectivity index (χ1) is 7.72. The lowest BCUT2D eigenvalue weighted by Crippen LogP contribution is -2.04. The second-order valence-electron chi connectivity index (χ2n) is 3.24. The topological polar surface area (TPSA) is 46.2 Å². The van der Waals surface area contributed by atoms with Gasteiger partial charge >= 0.3 is 0 Å². The fourth-order valence-corrected chi connectivity index (χ4v) is 1.19. The maximum Gasteiger partial charge on any atom is 0.0459 e. The Labute approximate surface area is 100 Å². The van der Waals surface area contributed by atoms with Gasteiger partial charge < -0.3 is 10.8 Å². The van der Waals surface area contributed by atoms with Gasteiger partial charge in [0.1, 0.15) is 0 Å². The summed E-state index contributed by atoms with van der Waals surface area (Å²) in [6, 6.07) is 7.79. The van der Waals surface area contributed by atoms with Crippen LogP contribution in [-0.4, -0.2) is 11.7 Å². The second kappa shape index (κ2) is 12.1. The Kier molecular flexibility index (Phi) is 13.1. The molecule has 2 nitrogen and oxygen atoms in total. The van der Waals surface area contributed by atoms with E-state index in [-0.39, 0.29) is 6.61 Å². The molecule has 1 aromatic rings. The highest BCUT2D eigenvalue weighted by Gasteiger charge is 2.01. The summed E-state index contributed by atoms with van der Waals surface area (Å²) >= 11 is 0. The molecule has 0 saturated heterocycles. The van der Waals surface area contributed by atoms with Crippen molar-refractivity contribution in [2.45, 2.75) is 41.0 Å². The molecule has 1 aromatic carbocycles. The number of aliphatic hydroxyl groups is 1. The molecule has 3 N–H and O–H groups in total. The summed E-state index contributed by atoms with van der Waals surface area (Å²) in [4.78, 5) is 0. The molecule has 0 bridgehead atoms. The van der Waals surface area contributed by atoms with E-state index in [1.54, 1.807) is 0 Å². The van der Waals surface area contributed by atoms with Gasteiger partial charge in [0.15, 0.2) is 0 Å². The molecule has 0 aliphatic heterocycles. The van der Waals surface area contributed by atoms with Gasteiger partial charge in [0.05, 0.1) is 0 Å². The van der Waals surface area contributed by atoms with Crippen LogP contribution in [0.15, 0.2) is 24.3 Å². The van der Waals surface area contributed by atoms with E-state index < -0.39 is 0 Å². The Morgan fingerprint density at radius 2 is 1.75 bits per heavy atom. The van der Waals surface area contributed by atoms with Crippen molar-refractivity contribution in [3.05, 3.63) is 29.8 Å². The van der Waals surface area contributed by atoms with Crippen molar-refractivity contribution in [2.75, 3.05) is 12.3 Å². The van der Waals surface area contributed by atoms with Crippen LogP contribution < -0.4 is 5.73 Å². The van der Waals surface area contributed by atoms with Gasteiger partial charge in [0.25, 0.3) is 0 Å². The number of aliphatic hydroxyl groups excluding tert-OH is 1. The van der Waals surface area contributed by atoms with E-state index in [1.807, 2.05) is 58.9 Å². The van der Waals surface area contributed by atoms with Gasteiger partial charge in [-0.3, -0.25) is 0 Å². The molecular weight excluding hydrogens is 198 g/mol. The number of rotatable bonds is 3. The number of hydrogen-bond donors (Lipinski definition) is 2. The third-order valence-corrected chi connectivity index (χ3v) is 1.85. The summed E-state index contributed by atoms with van der Waals surface area (Å²) in [5, 5.41) is 8.83. The molecule has 0 amide bonds. The lowest BCUT2D eigenvalue weighted by Gasteiger charge is -2.07. The fourth-order valence-electron chi connectivity index (χ4n) is 1.19. The minimum absolute atomic E-state index is 0.231. The van der Waals surface area contributed by atoms with Crippen molar-refractivity contribution in [3.63, 3.8) is 0 Å². The summed E-state index contributed by atoms with van der Waals surface area (Å²) in [5.74, 6) is 0.312. The Bertz CT molecular complexity index is 248. The molecule has 0 fully saturated rings. The van der Waals surface area contributed by atoms with E-state index in [0.29, 0.717) is 5.92 Å². The van der Waals surface area contributed by atoms with Gasteiger partial charge in [0, 0.05) is 12.3 Å². The Morgan fingerprint density at radius 3 is 2.19 bits per heavy atom. The number of nitrogens with two attached hydrogens (primary N) is 1. The Morgan fingerprint density at radius 1 is 1.19 bits per heavy atom. The van der Waals surface area contributed by atoms with E-state index in [0.717, 1.165) is 12.1 Å². The third-order valence-electron chi connectivity index (χ3n) is 1.85. The van der Waals surface area contributed by atoms with E-state index in [4.69, 9.17) is 10.8 Å². The van der Waals surface area contributed by atoms with Gasteiger partial charge in [0.2, 0.25) is 0 Å². The predicted molar refractivity (Wildman–Crippen MR) is 73.5 cm³/mol. The summed E-state index contributed by atoms with van der Waals surface area (Å²) < 4.78 is 0. The molecule has 1 unspecified atom stereocenters. The van der Waals surface area contributed by atoms with Crippen LogP contribution in [0.5, 0.6) is 0 Å². The summed E-state index contributed by atoms with van der Waals surface area (Å²) in [7, 11) is 0. The molecule has 0 spiro atoms. The summed E-state index contributed by atoms with van der Waals surface area (Å²) in [6.07, 6.45) is 0.890. The monoisotopic (exact) mass is 225 g/mol. The van der Waals surface area contributed by atoms with Crippen LogP contribution in [0.4, 0.5) is 5.69 Å². The highest BCUT2D eigenvalue weighted by atomic mass is 16.3. The molecule has 0 aromatic heterocycles. The third kappa shape index (κ3) is 8.30. The van der Waals surface area contributed by atoms with Crippen molar-refractivity contribution in [2.24, 2.45) is 5.92 Å². The maximum absolute atomic E-state index is 8.83. The standard InChI is InChI=1S/C10H15NO.2C2H6/c1-8(7-12)5-9-3-2-4-10(11)6-9;2*1-2/h2-4,6,8,12H,5,7,11H2,1H3;2*1-2H3. The van der Waals surface area contributed by atoms with E-state index >= 15 is 0 Å². The smallest absolute Gasteiger partial charge is 0.0459 e. The molecule has 2 heteroatoms. The van der Waals surface area contributed by atoms with Crippen molar-refractivity contribution in [1.29, 1.82) is 0 Å². The van der Waals surface area contributed by atoms with Crippen molar-refractivity contribution in [1.82, 2.24) is 0 Å². The average Bonchev–Trinajstić information content (AvgIpc) is 2.34. The van der Waals surface area contributed by atoms with Crippen LogP contribution >= 0.6 is 0 Å². The fraction of sp³-hybridized carbons (Fsp3) is 0.571. The van der Waals surface area contributed by atoms with Crippen LogP contribution in [0, 0.1) is 5.92 Å². The van der Waals surface area contributed by atoms with E-state index in [9.17, 15) is 0 Å².